The van der Waals surface area contributed by atoms with Crippen LogP contribution < -0.4 is 16.2 Å². The van der Waals surface area contributed by atoms with Gasteiger partial charge in [-0.05, 0) is 54.1 Å². The summed E-state index contributed by atoms with van der Waals surface area (Å²) < 4.78 is 20.1. The van der Waals surface area contributed by atoms with Crippen LogP contribution in [-0.4, -0.2) is 47.6 Å². The smallest absolute Gasteiger partial charge is 0.322 e. The summed E-state index contributed by atoms with van der Waals surface area (Å²) in [5, 5.41) is 5.81. The number of aromatic nitrogens is 1. The molecule has 176 valence electrons. The normalized spacial score (nSPS) is 17.4. The third-order valence-electron chi connectivity index (χ3n) is 5.61. The highest BCUT2D eigenvalue weighted by Gasteiger charge is 2.40. The summed E-state index contributed by atoms with van der Waals surface area (Å²) in [5.74, 6) is -1.25. The van der Waals surface area contributed by atoms with Gasteiger partial charge in [-0.3, -0.25) is 9.59 Å². The number of aromatic amines is 1. The van der Waals surface area contributed by atoms with E-state index >= 15 is 0 Å². The lowest BCUT2D eigenvalue weighted by Gasteiger charge is -2.24. The lowest BCUT2D eigenvalue weighted by Crippen LogP contribution is -2.45. The lowest BCUT2D eigenvalue weighted by atomic mass is 10.1. The molecule has 2 heterocycles. The molecule has 3 amide bonds. The average Bonchev–Trinajstić information content (AvgIpc) is 3.27. The van der Waals surface area contributed by atoms with Gasteiger partial charge >= 0.3 is 6.03 Å². The number of hydrogen-bond donors (Lipinski definition) is 3. The molecule has 0 aliphatic carbocycles. The molecule has 0 bridgehead atoms. The van der Waals surface area contributed by atoms with Crippen molar-refractivity contribution in [2.24, 2.45) is 0 Å². The minimum absolute atomic E-state index is 0.0555. The van der Waals surface area contributed by atoms with Gasteiger partial charge in [-0.15, -0.1) is 0 Å². The Labute approximate surface area is 199 Å². The topological polar surface area (TPSA) is 104 Å². The summed E-state index contributed by atoms with van der Waals surface area (Å²) in [6.07, 6.45) is 1.40. The molecular formula is C24H22ClFN4O4. The predicted octanol–water partition coefficient (Wildman–Crippen LogP) is 4.09. The summed E-state index contributed by atoms with van der Waals surface area (Å²) in [7, 11) is 1.50. The molecule has 1 aliphatic rings. The highest BCUT2D eigenvalue weighted by atomic mass is 35.5. The minimum Gasteiger partial charge on any atom is -0.380 e. The number of H-pyrrole nitrogens is 1. The van der Waals surface area contributed by atoms with E-state index in [1.54, 1.807) is 42.5 Å². The molecule has 0 unspecified atom stereocenters. The quantitative estimate of drug-likeness (QED) is 0.507. The van der Waals surface area contributed by atoms with E-state index in [1.165, 1.54) is 30.3 Å². The number of anilines is 2. The van der Waals surface area contributed by atoms with E-state index in [2.05, 4.69) is 15.6 Å². The highest BCUT2D eigenvalue weighted by Crippen LogP contribution is 2.26. The third-order valence-corrected chi connectivity index (χ3v) is 5.86. The number of urea groups is 1. The molecule has 2 aromatic carbocycles. The number of rotatable bonds is 5. The number of benzene rings is 2. The standard InChI is InChI=1S/C24H22ClFN4O4/c1-34-17-12-21(30(13-17)24(33)28-16-7-5-15(25)6-8-16)23(32)29-20-9-4-14(11-19(20)26)18-3-2-10-27-22(18)31/h2-11,17,21H,12-13H2,1H3,(H,27,31)(H,28,33)(H,29,32)/t17-,21-/m1/s1. The Morgan fingerprint density at radius 2 is 1.91 bits per heavy atom. The second kappa shape index (κ2) is 10.1. The van der Waals surface area contributed by atoms with Crippen molar-refractivity contribution in [1.29, 1.82) is 0 Å². The van der Waals surface area contributed by atoms with Crippen molar-refractivity contribution in [3.05, 3.63) is 82.0 Å². The number of likely N-dealkylation sites (tertiary alicyclic amines) is 1. The second-order valence-electron chi connectivity index (χ2n) is 7.80. The van der Waals surface area contributed by atoms with Crippen LogP contribution in [0.15, 0.2) is 65.6 Å². The van der Waals surface area contributed by atoms with Gasteiger partial charge in [-0.25, -0.2) is 9.18 Å². The Kier molecular flexibility index (Phi) is 6.95. The van der Waals surface area contributed by atoms with Crippen LogP contribution in [0.5, 0.6) is 0 Å². The largest absolute Gasteiger partial charge is 0.380 e. The van der Waals surface area contributed by atoms with E-state index in [1.807, 2.05) is 0 Å². The van der Waals surface area contributed by atoms with E-state index in [0.29, 0.717) is 21.8 Å². The van der Waals surface area contributed by atoms with Crippen molar-refractivity contribution in [3.8, 4) is 11.1 Å². The van der Waals surface area contributed by atoms with Gasteiger partial charge in [0.05, 0.1) is 11.8 Å². The summed E-state index contributed by atoms with van der Waals surface area (Å²) in [4.78, 5) is 41.7. The zero-order valence-corrected chi connectivity index (χ0v) is 18.9. The lowest BCUT2D eigenvalue weighted by molar-refractivity contribution is -0.119. The first-order valence-electron chi connectivity index (χ1n) is 10.5. The van der Waals surface area contributed by atoms with Crippen LogP contribution in [0.1, 0.15) is 6.42 Å². The summed E-state index contributed by atoms with van der Waals surface area (Å²) >= 11 is 5.88. The Bertz CT molecular complexity index is 1260. The van der Waals surface area contributed by atoms with E-state index < -0.39 is 23.8 Å². The van der Waals surface area contributed by atoms with Crippen molar-refractivity contribution in [2.45, 2.75) is 18.6 Å². The van der Waals surface area contributed by atoms with E-state index in [0.717, 1.165) is 0 Å². The van der Waals surface area contributed by atoms with Crippen LogP contribution in [-0.2, 0) is 9.53 Å². The van der Waals surface area contributed by atoms with Crippen molar-refractivity contribution >= 4 is 34.9 Å². The van der Waals surface area contributed by atoms with Gasteiger partial charge in [-0.2, -0.15) is 0 Å². The van der Waals surface area contributed by atoms with Gasteiger partial charge in [-0.1, -0.05) is 17.7 Å². The number of methoxy groups -OCH3 is 1. The van der Waals surface area contributed by atoms with Gasteiger partial charge in [0.2, 0.25) is 5.91 Å². The summed E-state index contributed by atoms with van der Waals surface area (Å²) in [6, 6.07) is 12.5. The molecule has 0 radical (unpaired) electrons. The van der Waals surface area contributed by atoms with E-state index in [4.69, 9.17) is 16.3 Å². The Morgan fingerprint density at radius 1 is 1.15 bits per heavy atom. The monoisotopic (exact) mass is 484 g/mol. The maximum Gasteiger partial charge on any atom is 0.322 e. The number of carbonyl (C=O) groups is 2. The zero-order valence-electron chi connectivity index (χ0n) is 18.2. The molecule has 2 atom stereocenters. The zero-order chi connectivity index (χ0) is 24.2. The Balaban J connectivity index is 1.50. The summed E-state index contributed by atoms with van der Waals surface area (Å²) in [6.45, 7) is 0.201. The molecule has 1 saturated heterocycles. The Hall–Kier alpha value is -3.69. The number of nitrogens with zero attached hydrogens (tertiary/aromatic N) is 1. The molecule has 0 spiro atoms. The first-order chi connectivity index (χ1) is 16.4. The number of pyridine rings is 1. The fourth-order valence-electron chi connectivity index (χ4n) is 3.82. The number of ether oxygens (including phenoxy) is 1. The SMILES string of the molecule is CO[C@@H]1C[C@H](C(=O)Nc2ccc(-c3ccc[nH]c3=O)cc2F)N(C(=O)Nc2ccc(Cl)cc2)C1. The van der Waals surface area contributed by atoms with Crippen LogP contribution in [0.4, 0.5) is 20.6 Å². The fourth-order valence-corrected chi connectivity index (χ4v) is 3.94. The molecule has 10 heteroatoms. The summed E-state index contributed by atoms with van der Waals surface area (Å²) in [5.41, 5.74) is 0.800. The first-order valence-corrected chi connectivity index (χ1v) is 10.9. The molecule has 4 rings (SSSR count). The van der Waals surface area contributed by atoms with Crippen LogP contribution in [0.3, 0.4) is 0 Å². The number of halogens is 2. The molecule has 34 heavy (non-hydrogen) atoms. The molecule has 0 saturated carbocycles. The average molecular weight is 485 g/mol. The molecule has 8 nitrogen and oxygen atoms in total. The van der Waals surface area contributed by atoms with Gasteiger partial charge in [0.15, 0.2) is 0 Å². The van der Waals surface area contributed by atoms with Crippen LogP contribution >= 0.6 is 11.6 Å². The van der Waals surface area contributed by atoms with Gasteiger partial charge in [0.25, 0.3) is 5.56 Å². The predicted molar refractivity (Wildman–Crippen MR) is 127 cm³/mol. The van der Waals surface area contributed by atoms with Crippen molar-refractivity contribution in [1.82, 2.24) is 9.88 Å². The second-order valence-corrected chi connectivity index (χ2v) is 8.23. The molecule has 1 aliphatic heterocycles. The third kappa shape index (κ3) is 5.11. The van der Waals surface area contributed by atoms with Gasteiger partial charge in [0.1, 0.15) is 11.9 Å². The minimum atomic E-state index is -0.867. The van der Waals surface area contributed by atoms with Crippen molar-refractivity contribution < 1.29 is 18.7 Å². The van der Waals surface area contributed by atoms with Gasteiger partial charge < -0.3 is 25.3 Å². The molecular weight excluding hydrogens is 463 g/mol. The number of hydrogen-bond acceptors (Lipinski definition) is 4. The first kappa shape index (κ1) is 23.5. The van der Waals surface area contributed by atoms with Crippen LogP contribution in [0, 0.1) is 5.82 Å². The highest BCUT2D eigenvalue weighted by molar-refractivity contribution is 6.30. The molecule has 3 aromatic rings. The Morgan fingerprint density at radius 3 is 2.59 bits per heavy atom. The van der Waals surface area contributed by atoms with Crippen LogP contribution in [0.25, 0.3) is 11.1 Å². The molecule has 1 fully saturated rings. The maximum absolute atomic E-state index is 14.8. The molecule has 3 N–H and O–H groups in total. The van der Waals surface area contributed by atoms with Gasteiger partial charge in [0, 0.05) is 42.5 Å². The van der Waals surface area contributed by atoms with Crippen molar-refractivity contribution in [2.75, 3.05) is 24.3 Å². The van der Waals surface area contributed by atoms with Crippen LogP contribution in [0.2, 0.25) is 5.02 Å². The van der Waals surface area contributed by atoms with Crippen molar-refractivity contribution in [3.63, 3.8) is 0 Å². The van der Waals surface area contributed by atoms with E-state index in [-0.39, 0.29) is 30.3 Å². The molecule has 1 aromatic heterocycles. The fraction of sp³-hybridized carbons (Fsp3) is 0.208. The van der Waals surface area contributed by atoms with E-state index in [9.17, 15) is 18.8 Å². The number of amides is 3. The number of carbonyl (C=O) groups excluding carboxylic acids is 2. The number of nitrogens with one attached hydrogen (secondary N) is 3. The maximum atomic E-state index is 14.8.